The largest absolute Gasteiger partial charge is 0.132 e. The molecule has 0 saturated carbocycles. The second kappa shape index (κ2) is 9.77. The lowest BCUT2D eigenvalue weighted by molar-refractivity contribution is 1.71. The van der Waals surface area contributed by atoms with E-state index in [4.69, 9.17) is 0 Å². The van der Waals surface area contributed by atoms with E-state index in [-0.39, 0.29) is 0 Å². The minimum atomic E-state index is -1.62. The molecular formula is C30H26Si2. The van der Waals surface area contributed by atoms with Gasteiger partial charge in [-0.3, -0.25) is 0 Å². The molecule has 154 valence electrons. The van der Waals surface area contributed by atoms with Gasteiger partial charge in [0.15, 0.2) is 0 Å². The van der Waals surface area contributed by atoms with Gasteiger partial charge in [0, 0.05) is 0 Å². The molecule has 5 aromatic rings. The Morgan fingerprint density at radius 1 is 0.250 bits per heavy atom. The van der Waals surface area contributed by atoms with Gasteiger partial charge in [0.05, 0.1) is 0 Å². The molecule has 0 saturated heterocycles. The van der Waals surface area contributed by atoms with E-state index in [0.29, 0.717) is 0 Å². The molecule has 0 aromatic heterocycles. The Kier molecular flexibility index (Phi) is 6.24. The fraction of sp³-hybridized carbons (Fsp3) is 0. The topological polar surface area (TPSA) is 0 Å². The first kappa shape index (κ1) is 20.4. The molecule has 0 aliphatic heterocycles. The molecule has 0 radical (unpaired) electrons. The summed E-state index contributed by atoms with van der Waals surface area (Å²) < 4.78 is 0. The summed E-state index contributed by atoms with van der Waals surface area (Å²) in [6.07, 6.45) is 0. The van der Waals surface area contributed by atoms with E-state index < -0.39 is 17.6 Å². The highest BCUT2D eigenvalue weighted by atomic mass is 28.3. The second-order valence-electron chi connectivity index (χ2n) is 8.14. The number of hydrogen-bond acceptors (Lipinski definition) is 0. The lowest BCUT2D eigenvalue weighted by Gasteiger charge is -2.25. The third kappa shape index (κ3) is 4.29. The van der Waals surface area contributed by atoms with Gasteiger partial charge in [0.2, 0.25) is 0 Å². The monoisotopic (exact) mass is 442 g/mol. The van der Waals surface area contributed by atoms with Crippen LogP contribution in [0.3, 0.4) is 0 Å². The summed E-state index contributed by atoms with van der Waals surface area (Å²) in [5.74, 6) is 0. The SMILES string of the molecule is c1ccc([SiH](c2ccccc2)c2ccccc2[SiH](c2ccccc2)c2ccccc2)cc1. The van der Waals surface area contributed by atoms with Gasteiger partial charge < -0.3 is 0 Å². The van der Waals surface area contributed by atoms with Gasteiger partial charge in [-0.1, -0.05) is 177 Å². The molecule has 5 rings (SSSR count). The van der Waals surface area contributed by atoms with Crippen molar-refractivity contribution in [3.8, 4) is 0 Å². The highest BCUT2D eigenvalue weighted by Gasteiger charge is 2.27. The lowest BCUT2D eigenvalue weighted by atomic mass is 10.3. The first-order valence-electron chi connectivity index (χ1n) is 11.2. The average Bonchev–Trinajstić information content (AvgIpc) is 2.88. The molecule has 0 amide bonds. The minimum Gasteiger partial charge on any atom is -0.0626 e. The van der Waals surface area contributed by atoms with E-state index in [1.165, 1.54) is 20.7 Å². The van der Waals surface area contributed by atoms with Crippen LogP contribution in [-0.4, -0.2) is 17.6 Å². The summed E-state index contributed by atoms with van der Waals surface area (Å²) >= 11 is 0. The van der Waals surface area contributed by atoms with Crippen LogP contribution in [0, 0.1) is 0 Å². The number of rotatable bonds is 6. The Morgan fingerprint density at radius 3 is 0.719 bits per heavy atom. The fourth-order valence-electron chi connectivity index (χ4n) is 4.72. The highest BCUT2D eigenvalue weighted by Crippen LogP contribution is 1.99. The molecule has 0 aliphatic rings. The first-order chi connectivity index (χ1) is 15.9. The zero-order valence-corrected chi connectivity index (χ0v) is 20.3. The van der Waals surface area contributed by atoms with Crippen molar-refractivity contribution in [1.82, 2.24) is 0 Å². The van der Waals surface area contributed by atoms with Crippen molar-refractivity contribution in [3.63, 3.8) is 0 Å². The van der Waals surface area contributed by atoms with Gasteiger partial charge >= 0.3 is 0 Å². The lowest BCUT2D eigenvalue weighted by Crippen LogP contribution is -2.64. The van der Waals surface area contributed by atoms with Gasteiger partial charge in [-0.25, -0.2) is 0 Å². The first-order valence-corrected chi connectivity index (χ1v) is 14.7. The van der Waals surface area contributed by atoms with Crippen molar-refractivity contribution in [2.24, 2.45) is 0 Å². The van der Waals surface area contributed by atoms with Crippen LogP contribution >= 0.6 is 0 Å². The summed E-state index contributed by atoms with van der Waals surface area (Å²) in [5, 5.41) is 8.99. The standard InChI is InChI=1S/C30H26Si2/c1-5-15-25(16-6-1)31(26-17-7-2-8-18-26)29-23-13-14-24-30(29)32(27-19-9-3-10-20-27)28-21-11-4-12-22-28/h1-24,31-32H. The molecule has 0 fully saturated rings. The van der Waals surface area contributed by atoms with Crippen LogP contribution in [0.15, 0.2) is 146 Å². The van der Waals surface area contributed by atoms with E-state index in [9.17, 15) is 0 Å². The van der Waals surface area contributed by atoms with Gasteiger partial charge in [-0.15, -0.1) is 0 Å². The van der Waals surface area contributed by atoms with Crippen molar-refractivity contribution < 1.29 is 0 Å². The molecule has 0 aliphatic carbocycles. The predicted octanol–water partition coefficient (Wildman–Crippen LogP) is 2.18. The molecule has 0 N–H and O–H groups in total. The molecule has 0 spiro atoms. The minimum absolute atomic E-state index is 1.47. The third-order valence-electron chi connectivity index (χ3n) is 6.15. The molecule has 0 heterocycles. The average molecular weight is 443 g/mol. The highest BCUT2D eigenvalue weighted by molar-refractivity contribution is 7.04. The maximum atomic E-state index is 2.40. The summed E-state index contributed by atoms with van der Waals surface area (Å²) in [6.45, 7) is 0. The zero-order valence-electron chi connectivity index (χ0n) is 18.0. The smallest absolute Gasteiger partial charge is 0.0626 e. The van der Waals surface area contributed by atoms with Crippen LogP contribution < -0.4 is 31.1 Å². The van der Waals surface area contributed by atoms with Crippen LogP contribution in [0.1, 0.15) is 0 Å². The van der Waals surface area contributed by atoms with Crippen molar-refractivity contribution >= 4 is 48.7 Å². The van der Waals surface area contributed by atoms with Gasteiger partial charge in [-0.05, 0) is 0 Å². The quantitative estimate of drug-likeness (QED) is 0.279. The molecule has 0 unspecified atom stereocenters. The zero-order chi connectivity index (χ0) is 21.6. The number of benzene rings is 5. The van der Waals surface area contributed by atoms with E-state index in [1.54, 1.807) is 10.4 Å². The predicted molar refractivity (Wildman–Crippen MR) is 144 cm³/mol. The van der Waals surface area contributed by atoms with Gasteiger partial charge in [0.25, 0.3) is 0 Å². The molecule has 32 heavy (non-hydrogen) atoms. The van der Waals surface area contributed by atoms with E-state index in [2.05, 4.69) is 146 Å². The summed E-state index contributed by atoms with van der Waals surface area (Å²) in [4.78, 5) is 0. The van der Waals surface area contributed by atoms with E-state index in [1.807, 2.05) is 0 Å². The molecule has 0 nitrogen and oxygen atoms in total. The summed E-state index contributed by atoms with van der Waals surface area (Å²) in [6, 6.07) is 53.8. The maximum absolute atomic E-state index is 2.40. The Morgan fingerprint density at radius 2 is 0.469 bits per heavy atom. The molecular weight excluding hydrogens is 417 g/mol. The Balaban J connectivity index is 1.74. The number of hydrogen-bond donors (Lipinski definition) is 0. The van der Waals surface area contributed by atoms with Crippen LogP contribution in [-0.2, 0) is 0 Å². The van der Waals surface area contributed by atoms with Crippen molar-refractivity contribution in [2.75, 3.05) is 0 Å². The summed E-state index contributed by atoms with van der Waals surface area (Å²) in [5.41, 5.74) is 0. The Hall–Kier alpha value is -3.47. The summed E-state index contributed by atoms with van der Waals surface area (Å²) in [7, 11) is -3.23. The Bertz CT molecular complexity index is 1070. The van der Waals surface area contributed by atoms with E-state index >= 15 is 0 Å². The second-order valence-corrected chi connectivity index (χ2v) is 13.8. The van der Waals surface area contributed by atoms with Crippen molar-refractivity contribution in [2.45, 2.75) is 0 Å². The van der Waals surface area contributed by atoms with Crippen molar-refractivity contribution in [3.05, 3.63) is 146 Å². The van der Waals surface area contributed by atoms with E-state index in [0.717, 1.165) is 0 Å². The molecule has 2 heteroatoms. The van der Waals surface area contributed by atoms with Crippen LogP contribution in [0.4, 0.5) is 0 Å². The van der Waals surface area contributed by atoms with Gasteiger partial charge in [0.1, 0.15) is 17.6 Å². The Labute approximate surface area is 194 Å². The third-order valence-corrected chi connectivity index (χ3v) is 13.0. The van der Waals surface area contributed by atoms with Crippen LogP contribution in [0.5, 0.6) is 0 Å². The van der Waals surface area contributed by atoms with Crippen LogP contribution in [0.2, 0.25) is 0 Å². The van der Waals surface area contributed by atoms with Gasteiger partial charge in [-0.2, -0.15) is 0 Å². The maximum Gasteiger partial charge on any atom is 0.132 e. The molecule has 5 aromatic carbocycles. The molecule has 0 atom stereocenters. The normalized spacial score (nSPS) is 11.1. The fourth-order valence-corrected chi connectivity index (χ4v) is 11.8. The van der Waals surface area contributed by atoms with Crippen molar-refractivity contribution in [1.29, 1.82) is 0 Å². The molecule has 0 bridgehead atoms. The van der Waals surface area contributed by atoms with Crippen LogP contribution in [0.25, 0.3) is 0 Å².